The maximum Gasteiger partial charge on any atom is 0.335 e. The van der Waals surface area contributed by atoms with E-state index in [9.17, 15) is 9.59 Å². The van der Waals surface area contributed by atoms with E-state index in [0.717, 1.165) is 0 Å². The number of carbonyl (C=O) groups is 2. The zero-order valence-corrected chi connectivity index (χ0v) is 7.93. The largest absolute Gasteiger partial charge is 0.479 e. The van der Waals surface area contributed by atoms with Gasteiger partial charge in [-0.25, -0.2) is 9.59 Å². The van der Waals surface area contributed by atoms with Gasteiger partial charge in [0.25, 0.3) is 0 Å². The predicted molar refractivity (Wildman–Crippen MR) is 39.1 cm³/mol. The fourth-order valence-electron chi connectivity index (χ4n) is 0. The molecule has 0 saturated heterocycles. The second-order valence-corrected chi connectivity index (χ2v) is 1.88. The van der Waals surface area contributed by atoms with E-state index >= 15 is 0 Å². The number of aliphatic carboxylic acids is 2. The fraction of sp³-hybridized carbons (Fsp3) is 0.600. The quantitative estimate of drug-likeness (QED) is 0.269. The molecule has 0 aliphatic heterocycles. The van der Waals surface area contributed by atoms with E-state index in [0.29, 0.717) is 0 Å². The Morgan fingerprint density at radius 3 is 1.31 bits per heavy atom. The summed E-state index contributed by atoms with van der Waals surface area (Å²) in [6.07, 6.45) is -2.46. The van der Waals surface area contributed by atoms with Gasteiger partial charge in [-0.1, -0.05) is 0 Å². The molecule has 0 saturated carbocycles. The van der Waals surface area contributed by atoms with Crippen LogP contribution in [0.4, 0.5) is 0 Å². The first-order chi connectivity index (χ1) is 5.29. The van der Waals surface area contributed by atoms with Crippen molar-refractivity contribution in [2.24, 2.45) is 11.5 Å². The Morgan fingerprint density at radius 1 is 1.15 bits per heavy atom. The van der Waals surface area contributed by atoms with Gasteiger partial charge in [0.05, 0.1) is 0 Å². The van der Waals surface area contributed by atoms with Crippen molar-refractivity contribution in [2.75, 3.05) is 0 Å². The molecule has 0 aliphatic rings. The van der Waals surface area contributed by atoms with Crippen LogP contribution in [-0.4, -0.2) is 39.5 Å². The summed E-state index contributed by atoms with van der Waals surface area (Å²) in [7, 11) is 0. The first kappa shape index (κ1) is 18.2. The molecule has 1 unspecified atom stereocenters. The summed E-state index contributed by atoms with van der Waals surface area (Å²) >= 11 is 0. The van der Waals surface area contributed by atoms with E-state index in [1.807, 2.05) is 0 Å². The van der Waals surface area contributed by atoms with Gasteiger partial charge in [0.15, 0.2) is 6.17 Å². The second kappa shape index (κ2) is 9.43. The molecule has 0 bridgehead atoms. The Balaban J connectivity index is -0.000000143. The van der Waals surface area contributed by atoms with Crippen LogP contribution in [0.25, 0.3) is 0 Å². The van der Waals surface area contributed by atoms with Gasteiger partial charge in [0.2, 0.25) is 0 Å². The number of hydrogen-bond donors (Lipinski definition) is 5. The topological polar surface area (TPSA) is 147 Å². The number of hydrogen-bond acceptors (Lipinski definition) is 5. The molecule has 0 spiro atoms. The van der Waals surface area contributed by atoms with Crippen molar-refractivity contribution in [3.63, 3.8) is 0 Å². The summed E-state index contributed by atoms with van der Waals surface area (Å²) in [5.41, 5.74) is 9.23. The van der Waals surface area contributed by atoms with Gasteiger partial charge in [-0.3, -0.25) is 0 Å². The molecule has 13 heavy (non-hydrogen) atoms. The van der Waals surface area contributed by atoms with Crippen LogP contribution in [0.15, 0.2) is 0 Å². The number of aliphatic hydroxyl groups excluding tert-OH is 1. The van der Waals surface area contributed by atoms with Crippen molar-refractivity contribution in [3.05, 3.63) is 0 Å². The summed E-state index contributed by atoms with van der Waals surface area (Å²) in [4.78, 5) is 18.9. The Bertz CT molecular complexity index is 143. The Labute approximate surface area is 85.2 Å². The van der Waals surface area contributed by atoms with Crippen LogP contribution in [0, 0.1) is 0 Å². The van der Waals surface area contributed by atoms with Crippen molar-refractivity contribution >= 4 is 11.9 Å². The SMILES string of the molecule is CC(O)C(=O)O.NC(N)C(=O)O.[Fe]. The number of carboxylic acid groups (broad SMARTS) is 2. The predicted octanol–water partition coefficient (Wildman–Crippen LogP) is -2.24. The molecule has 0 aromatic rings. The molecule has 0 fully saturated rings. The van der Waals surface area contributed by atoms with E-state index in [-0.39, 0.29) is 17.1 Å². The summed E-state index contributed by atoms with van der Waals surface area (Å²) in [6.45, 7) is 1.20. The van der Waals surface area contributed by atoms with E-state index in [1.54, 1.807) is 0 Å². The van der Waals surface area contributed by atoms with Crippen LogP contribution in [0.2, 0.25) is 0 Å². The van der Waals surface area contributed by atoms with Crippen molar-refractivity contribution in [3.8, 4) is 0 Å². The van der Waals surface area contributed by atoms with Crippen LogP contribution < -0.4 is 11.5 Å². The van der Waals surface area contributed by atoms with Gasteiger partial charge in [-0.05, 0) is 6.92 Å². The molecule has 80 valence electrons. The van der Waals surface area contributed by atoms with Crippen LogP contribution in [0.5, 0.6) is 0 Å². The molecule has 7 nitrogen and oxygen atoms in total. The smallest absolute Gasteiger partial charge is 0.335 e. The molecule has 0 aliphatic carbocycles. The van der Waals surface area contributed by atoms with E-state index in [4.69, 9.17) is 15.3 Å². The minimum absolute atomic E-state index is 0. The summed E-state index contributed by atoms with van der Waals surface area (Å²) in [6, 6.07) is 0. The van der Waals surface area contributed by atoms with Gasteiger partial charge in [0.1, 0.15) is 6.10 Å². The van der Waals surface area contributed by atoms with Crippen LogP contribution >= 0.6 is 0 Å². The molecule has 0 rings (SSSR count). The van der Waals surface area contributed by atoms with Gasteiger partial charge in [-0.15, -0.1) is 0 Å². The van der Waals surface area contributed by atoms with Crippen LogP contribution in [0.1, 0.15) is 6.92 Å². The maximum atomic E-state index is 9.45. The summed E-state index contributed by atoms with van der Waals surface area (Å²) < 4.78 is 0. The first-order valence-electron chi connectivity index (χ1n) is 2.94. The van der Waals surface area contributed by atoms with Gasteiger partial charge < -0.3 is 26.8 Å². The van der Waals surface area contributed by atoms with Crippen molar-refractivity contribution in [1.29, 1.82) is 0 Å². The zero-order chi connectivity index (χ0) is 10.3. The van der Waals surface area contributed by atoms with Crippen molar-refractivity contribution in [1.82, 2.24) is 0 Å². The standard InChI is InChI=1S/C3H6O3.C2H6N2O2.Fe/c1-2(4)3(5)6;3-1(4)2(5)6;/h2,4H,1H3,(H,5,6);1H,3-4H2,(H,5,6);. The van der Waals surface area contributed by atoms with Gasteiger partial charge in [-0.2, -0.15) is 0 Å². The normalized spacial score (nSPS) is 10.5. The maximum absolute atomic E-state index is 9.45. The van der Waals surface area contributed by atoms with E-state index in [1.165, 1.54) is 6.92 Å². The Hall–Kier alpha value is -0.661. The van der Waals surface area contributed by atoms with E-state index < -0.39 is 24.2 Å². The van der Waals surface area contributed by atoms with Crippen LogP contribution in [-0.2, 0) is 26.7 Å². The third kappa shape index (κ3) is 18.4. The Morgan fingerprint density at radius 2 is 1.31 bits per heavy atom. The molecule has 0 radical (unpaired) electrons. The molecule has 1 atom stereocenters. The molecule has 0 amide bonds. The van der Waals surface area contributed by atoms with Gasteiger partial charge >= 0.3 is 11.9 Å². The number of rotatable bonds is 2. The molecule has 7 N–H and O–H groups in total. The number of aliphatic hydroxyl groups is 1. The minimum atomic E-state index is -1.23. The molecule has 8 heteroatoms. The van der Waals surface area contributed by atoms with E-state index in [2.05, 4.69) is 11.5 Å². The minimum Gasteiger partial charge on any atom is -0.479 e. The summed E-state index contributed by atoms with van der Waals surface area (Å²) in [5.74, 6) is -2.37. The van der Waals surface area contributed by atoms with Gasteiger partial charge in [0, 0.05) is 17.1 Å². The first-order valence-corrected chi connectivity index (χ1v) is 2.94. The van der Waals surface area contributed by atoms with Crippen molar-refractivity contribution < 1.29 is 42.0 Å². The van der Waals surface area contributed by atoms with Crippen molar-refractivity contribution in [2.45, 2.75) is 19.2 Å². The molecular weight excluding hydrogens is 224 g/mol. The average Bonchev–Trinajstić information content (AvgIpc) is 1.88. The molecule has 0 heterocycles. The number of nitrogens with two attached hydrogens (primary N) is 2. The average molecular weight is 236 g/mol. The Kier molecular flexibility index (Phi) is 13.2. The molecule has 0 aromatic heterocycles. The number of carboxylic acids is 2. The second-order valence-electron chi connectivity index (χ2n) is 1.88. The summed E-state index contributed by atoms with van der Waals surface area (Å²) in [5, 5.41) is 23.5. The van der Waals surface area contributed by atoms with Crippen LogP contribution in [0.3, 0.4) is 0 Å². The zero-order valence-electron chi connectivity index (χ0n) is 6.82. The fourth-order valence-corrected chi connectivity index (χ4v) is 0. The molecular formula is C5H12FeN2O5. The molecule has 0 aromatic carbocycles. The third-order valence-corrected chi connectivity index (χ3v) is 0.643. The third-order valence-electron chi connectivity index (χ3n) is 0.643. The monoisotopic (exact) mass is 236 g/mol.